The molecule has 23 heavy (non-hydrogen) atoms. The molecule has 3 aliphatic rings. The predicted octanol–water partition coefficient (Wildman–Crippen LogP) is 3.61. The van der Waals surface area contributed by atoms with Gasteiger partial charge in [-0.25, -0.2) is 0 Å². The summed E-state index contributed by atoms with van der Waals surface area (Å²) in [5.74, 6) is 2.89. The standard InChI is InChI=1S/C19H17NO3/c1-22-16-8-6-12-14-7-9-17(21)20(14)10-13-11-4-2-3-5-15(11)23-19(16)18(12)13/h2-6,8,13-14H,7,9-10H2,1H3/t13-,14-/m1/s1. The van der Waals surface area contributed by atoms with Crippen molar-refractivity contribution in [2.24, 2.45) is 0 Å². The Hall–Kier alpha value is -2.49. The molecule has 0 radical (unpaired) electrons. The van der Waals surface area contributed by atoms with Gasteiger partial charge in [0.1, 0.15) is 5.75 Å². The highest BCUT2D eigenvalue weighted by Gasteiger charge is 2.44. The number of carbonyl (C=O) groups is 1. The zero-order valence-corrected chi connectivity index (χ0v) is 12.9. The number of nitrogens with zero attached hydrogens (tertiary/aromatic N) is 1. The van der Waals surface area contributed by atoms with E-state index in [2.05, 4.69) is 12.1 Å². The number of carbonyl (C=O) groups excluding carboxylic acids is 1. The second-order valence-corrected chi connectivity index (χ2v) is 6.39. The molecular weight excluding hydrogens is 290 g/mol. The molecule has 4 heteroatoms. The van der Waals surface area contributed by atoms with Gasteiger partial charge in [-0.1, -0.05) is 24.3 Å². The number of hydrogen-bond donors (Lipinski definition) is 0. The number of benzene rings is 2. The molecule has 0 spiro atoms. The summed E-state index contributed by atoms with van der Waals surface area (Å²) in [5, 5.41) is 0. The quantitative estimate of drug-likeness (QED) is 0.808. The fourth-order valence-corrected chi connectivity index (χ4v) is 4.31. The fourth-order valence-electron chi connectivity index (χ4n) is 4.31. The van der Waals surface area contributed by atoms with Crippen molar-refractivity contribution in [2.45, 2.75) is 24.8 Å². The first-order chi connectivity index (χ1) is 11.3. The number of fused-ring (bicyclic) bond motifs is 4. The summed E-state index contributed by atoms with van der Waals surface area (Å²) in [5.41, 5.74) is 3.59. The van der Waals surface area contributed by atoms with Crippen molar-refractivity contribution in [1.29, 1.82) is 0 Å². The Kier molecular flexibility index (Phi) is 2.55. The van der Waals surface area contributed by atoms with Crippen LogP contribution in [0.2, 0.25) is 0 Å². The van der Waals surface area contributed by atoms with E-state index in [9.17, 15) is 4.79 Å². The first-order valence-corrected chi connectivity index (χ1v) is 8.05. The van der Waals surface area contributed by atoms with E-state index in [4.69, 9.17) is 9.47 Å². The van der Waals surface area contributed by atoms with Crippen LogP contribution in [-0.4, -0.2) is 24.5 Å². The normalized spacial score (nSPS) is 23.7. The average molecular weight is 307 g/mol. The third kappa shape index (κ3) is 1.63. The van der Waals surface area contributed by atoms with E-state index >= 15 is 0 Å². The second kappa shape index (κ2) is 4.51. The molecular formula is C19H17NO3. The van der Waals surface area contributed by atoms with E-state index in [0.717, 1.165) is 35.8 Å². The Morgan fingerprint density at radius 1 is 1.17 bits per heavy atom. The minimum absolute atomic E-state index is 0.165. The molecule has 0 N–H and O–H groups in total. The first kappa shape index (κ1) is 13.0. The van der Waals surface area contributed by atoms with Crippen molar-refractivity contribution < 1.29 is 14.3 Å². The Balaban J connectivity index is 1.78. The molecule has 3 heterocycles. The van der Waals surface area contributed by atoms with Crippen LogP contribution in [0.5, 0.6) is 17.2 Å². The smallest absolute Gasteiger partial charge is 0.223 e. The Morgan fingerprint density at radius 3 is 2.91 bits per heavy atom. The first-order valence-electron chi connectivity index (χ1n) is 8.05. The summed E-state index contributed by atoms with van der Waals surface area (Å²) in [6, 6.07) is 12.4. The minimum atomic E-state index is 0.165. The van der Waals surface area contributed by atoms with Crippen LogP contribution in [0.4, 0.5) is 0 Å². The summed E-state index contributed by atoms with van der Waals surface area (Å²) in [6.45, 7) is 0.733. The number of amides is 1. The molecule has 116 valence electrons. The monoisotopic (exact) mass is 307 g/mol. The third-order valence-electron chi connectivity index (χ3n) is 5.33. The number of hydrogen-bond acceptors (Lipinski definition) is 3. The summed E-state index contributed by atoms with van der Waals surface area (Å²) in [7, 11) is 1.67. The van der Waals surface area contributed by atoms with Crippen LogP contribution in [0.3, 0.4) is 0 Å². The van der Waals surface area contributed by atoms with Gasteiger partial charge in [-0.3, -0.25) is 4.79 Å². The summed E-state index contributed by atoms with van der Waals surface area (Å²) in [6.07, 6.45) is 1.53. The van der Waals surface area contributed by atoms with E-state index in [1.54, 1.807) is 7.11 Å². The molecule has 2 aromatic carbocycles. The maximum absolute atomic E-state index is 12.3. The molecule has 0 bridgehead atoms. The van der Waals surface area contributed by atoms with Crippen LogP contribution >= 0.6 is 0 Å². The second-order valence-electron chi connectivity index (χ2n) is 6.39. The van der Waals surface area contributed by atoms with Crippen molar-refractivity contribution in [2.75, 3.05) is 13.7 Å². The van der Waals surface area contributed by atoms with Gasteiger partial charge in [0, 0.05) is 30.0 Å². The highest BCUT2D eigenvalue weighted by atomic mass is 16.5. The lowest BCUT2D eigenvalue weighted by Crippen LogP contribution is -2.38. The molecule has 1 fully saturated rings. The fraction of sp³-hybridized carbons (Fsp3) is 0.316. The third-order valence-corrected chi connectivity index (χ3v) is 5.33. The van der Waals surface area contributed by atoms with Gasteiger partial charge in [-0.15, -0.1) is 0 Å². The van der Waals surface area contributed by atoms with Gasteiger partial charge in [0.2, 0.25) is 5.91 Å². The minimum Gasteiger partial charge on any atom is -0.493 e. The van der Waals surface area contributed by atoms with E-state index in [-0.39, 0.29) is 17.9 Å². The van der Waals surface area contributed by atoms with Crippen LogP contribution in [0, 0.1) is 0 Å². The van der Waals surface area contributed by atoms with Crippen molar-refractivity contribution in [3.8, 4) is 17.2 Å². The molecule has 0 aliphatic carbocycles. The van der Waals surface area contributed by atoms with Gasteiger partial charge in [-0.2, -0.15) is 0 Å². The Bertz CT molecular complexity index is 829. The predicted molar refractivity (Wildman–Crippen MR) is 85.0 cm³/mol. The maximum Gasteiger partial charge on any atom is 0.223 e. The van der Waals surface area contributed by atoms with E-state index < -0.39 is 0 Å². The van der Waals surface area contributed by atoms with Crippen molar-refractivity contribution in [3.63, 3.8) is 0 Å². The number of rotatable bonds is 1. The zero-order chi connectivity index (χ0) is 15.6. The molecule has 2 aromatic rings. The zero-order valence-electron chi connectivity index (χ0n) is 12.9. The molecule has 0 unspecified atom stereocenters. The van der Waals surface area contributed by atoms with Gasteiger partial charge in [0.15, 0.2) is 11.5 Å². The maximum atomic E-state index is 12.3. The topological polar surface area (TPSA) is 38.8 Å². The average Bonchev–Trinajstić information content (AvgIpc) is 2.96. The lowest BCUT2D eigenvalue weighted by molar-refractivity contribution is -0.129. The summed E-state index contributed by atoms with van der Waals surface area (Å²) < 4.78 is 11.7. The SMILES string of the molecule is COc1ccc2c3c1Oc1ccccc1[C@H]3CN1C(=O)CC[C@H]21. The number of methoxy groups -OCH3 is 1. The van der Waals surface area contributed by atoms with Crippen LogP contribution < -0.4 is 9.47 Å². The molecule has 1 amide bonds. The lowest BCUT2D eigenvalue weighted by atomic mass is 9.79. The Labute approximate surface area is 134 Å². The summed E-state index contributed by atoms with van der Waals surface area (Å²) >= 11 is 0. The lowest BCUT2D eigenvalue weighted by Gasteiger charge is -2.41. The van der Waals surface area contributed by atoms with Gasteiger partial charge in [0.25, 0.3) is 0 Å². The van der Waals surface area contributed by atoms with Gasteiger partial charge in [-0.05, 0) is 24.1 Å². The van der Waals surface area contributed by atoms with E-state index in [1.807, 2.05) is 29.2 Å². The molecule has 0 saturated carbocycles. The highest BCUT2D eigenvalue weighted by molar-refractivity contribution is 5.81. The Morgan fingerprint density at radius 2 is 2.04 bits per heavy atom. The summed E-state index contributed by atoms with van der Waals surface area (Å²) in [4.78, 5) is 14.3. The molecule has 0 aromatic heterocycles. The van der Waals surface area contributed by atoms with E-state index in [1.165, 1.54) is 11.1 Å². The molecule has 3 aliphatic heterocycles. The molecule has 4 nitrogen and oxygen atoms in total. The van der Waals surface area contributed by atoms with Crippen LogP contribution in [0.15, 0.2) is 36.4 Å². The van der Waals surface area contributed by atoms with Gasteiger partial charge >= 0.3 is 0 Å². The molecule has 2 atom stereocenters. The van der Waals surface area contributed by atoms with Crippen LogP contribution in [-0.2, 0) is 4.79 Å². The van der Waals surface area contributed by atoms with Crippen molar-refractivity contribution in [3.05, 3.63) is 53.1 Å². The highest BCUT2D eigenvalue weighted by Crippen LogP contribution is 2.55. The van der Waals surface area contributed by atoms with Crippen LogP contribution in [0.25, 0.3) is 0 Å². The molecule has 5 rings (SSSR count). The van der Waals surface area contributed by atoms with E-state index in [0.29, 0.717) is 6.42 Å². The van der Waals surface area contributed by atoms with Crippen molar-refractivity contribution >= 4 is 5.91 Å². The molecule has 1 saturated heterocycles. The largest absolute Gasteiger partial charge is 0.493 e. The number of ether oxygens (including phenoxy) is 2. The van der Waals surface area contributed by atoms with Crippen LogP contribution in [0.1, 0.15) is 41.5 Å². The van der Waals surface area contributed by atoms with Gasteiger partial charge < -0.3 is 14.4 Å². The van der Waals surface area contributed by atoms with Crippen molar-refractivity contribution in [1.82, 2.24) is 4.90 Å². The van der Waals surface area contributed by atoms with Gasteiger partial charge in [0.05, 0.1) is 13.2 Å². The number of para-hydroxylation sites is 1.